The molecular formula is C30H41BrN4O3S. The van der Waals surface area contributed by atoms with Crippen molar-refractivity contribution in [2.45, 2.75) is 65.3 Å². The topological polar surface area (TPSA) is 73.0 Å². The van der Waals surface area contributed by atoms with Gasteiger partial charge in [-0.3, -0.25) is 14.4 Å². The molecular weight excluding hydrogens is 576 g/mol. The molecule has 2 unspecified atom stereocenters. The highest BCUT2D eigenvalue weighted by Gasteiger charge is 2.33. The summed E-state index contributed by atoms with van der Waals surface area (Å²) in [5, 5.41) is 2.98. The molecule has 0 spiro atoms. The molecule has 0 aliphatic carbocycles. The number of benzene rings is 1. The normalized spacial score (nSPS) is 19.7. The number of nitrogens with zero attached hydrogens (tertiary/aromatic N) is 3. The fourth-order valence-electron chi connectivity index (χ4n) is 5.77. The summed E-state index contributed by atoms with van der Waals surface area (Å²) < 4.78 is 0.896. The van der Waals surface area contributed by atoms with Crippen LogP contribution in [-0.2, 0) is 4.79 Å². The van der Waals surface area contributed by atoms with E-state index in [0.29, 0.717) is 22.9 Å². The van der Waals surface area contributed by atoms with Crippen molar-refractivity contribution in [2.75, 3.05) is 44.2 Å². The van der Waals surface area contributed by atoms with Crippen LogP contribution in [0.25, 0.3) is 0 Å². The van der Waals surface area contributed by atoms with Crippen LogP contribution in [0.15, 0.2) is 34.1 Å². The zero-order valence-electron chi connectivity index (χ0n) is 23.4. The van der Waals surface area contributed by atoms with Crippen LogP contribution >= 0.6 is 27.3 Å². The predicted molar refractivity (Wildman–Crippen MR) is 162 cm³/mol. The van der Waals surface area contributed by atoms with Gasteiger partial charge in [-0.2, -0.15) is 0 Å². The minimum Gasteiger partial charge on any atom is -0.346 e. The molecule has 3 heterocycles. The summed E-state index contributed by atoms with van der Waals surface area (Å²) in [7, 11) is 0. The highest BCUT2D eigenvalue weighted by Crippen LogP contribution is 2.28. The second-order valence-electron chi connectivity index (χ2n) is 10.8. The maximum Gasteiger partial charge on any atom is 0.261 e. The Balaban J connectivity index is 1.31. The maximum absolute atomic E-state index is 13.5. The first-order chi connectivity index (χ1) is 18.8. The highest BCUT2D eigenvalue weighted by molar-refractivity contribution is 9.11. The van der Waals surface area contributed by atoms with Crippen LogP contribution in [0.4, 0.5) is 5.69 Å². The molecule has 39 heavy (non-hydrogen) atoms. The van der Waals surface area contributed by atoms with Crippen molar-refractivity contribution in [1.29, 1.82) is 0 Å². The minimum absolute atomic E-state index is 0.0222. The van der Waals surface area contributed by atoms with Crippen molar-refractivity contribution in [3.05, 3.63) is 50.1 Å². The number of unbranched alkanes of at least 4 members (excludes halogenated alkanes) is 1. The van der Waals surface area contributed by atoms with Crippen molar-refractivity contribution in [2.24, 2.45) is 5.92 Å². The van der Waals surface area contributed by atoms with Crippen LogP contribution in [-0.4, -0.2) is 72.8 Å². The lowest BCUT2D eigenvalue weighted by Gasteiger charge is -2.33. The number of rotatable bonds is 11. The van der Waals surface area contributed by atoms with E-state index in [9.17, 15) is 14.4 Å². The molecule has 4 rings (SSSR count). The smallest absolute Gasteiger partial charge is 0.261 e. The van der Waals surface area contributed by atoms with E-state index in [0.717, 1.165) is 54.2 Å². The van der Waals surface area contributed by atoms with Crippen molar-refractivity contribution >= 4 is 50.7 Å². The van der Waals surface area contributed by atoms with Gasteiger partial charge in [0.15, 0.2) is 0 Å². The first kappa shape index (κ1) is 29.7. The quantitative estimate of drug-likeness (QED) is 0.328. The average Bonchev–Trinajstić information content (AvgIpc) is 3.53. The molecule has 212 valence electrons. The molecule has 2 fully saturated rings. The Labute approximate surface area is 245 Å². The highest BCUT2D eigenvalue weighted by atomic mass is 79.9. The third kappa shape index (κ3) is 7.70. The Kier molecular flexibility index (Phi) is 10.6. The lowest BCUT2D eigenvalue weighted by Crippen LogP contribution is -2.40. The van der Waals surface area contributed by atoms with E-state index < -0.39 is 0 Å². The zero-order chi connectivity index (χ0) is 27.9. The standard InChI is InChI=1S/C30H41BrN4O3S/c1-4-33(5-2)15-7-6-9-22-10-8-16-34(19-22)30(38)25-12-11-24(17-21(25)3)35-20-23(18-28(35)36)32-29(37)26-13-14-27(31)39-26/h11-14,17,22-23H,4-10,15-16,18-20H2,1-3H3,(H,32,37). The molecule has 3 amide bonds. The number of carbonyl (C=O) groups is 3. The van der Waals surface area contributed by atoms with Crippen molar-refractivity contribution < 1.29 is 14.4 Å². The first-order valence-electron chi connectivity index (χ1n) is 14.3. The molecule has 1 aromatic carbocycles. The summed E-state index contributed by atoms with van der Waals surface area (Å²) in [5.74, 6) is 0.479. The summed E-state index contributed by atoms with van der Waals surface area (Å²) in [6, 6.07) is 9.03. The summed E-state index contributed by atoms with van der Waals surface area (Å²) in [5.41, 5.74) is 2.36. The van der Waals surface area contributed by atoms with Crippen LogP contribution in [0.5, 0.6) is 0 Å². The fraction of sp³-hybridized carbons (Fsp3) is 0.567. The molecule has 1 N–H and O–H groups in total. The number of hydrogen-bond acceptors (Lipinski definition) is 5. The maximum atomic E-state index is 13.5. The molecule has 0 saturated carbocycles. The molecule has 1 aromatic heterocycles. The number of likely N-dealkylation sites (tertiary alicyclic amines) is 1. The van der Waals surface area contributed by atoms with Gasteiger partial charge in [0.2, 0.25) is 5.91 Å². The van der Waals surface area contributed by atoms with Crippen LogP contribution in [0.2, 0.25) is 0 Å². The van der Waals surface area contributed by atoms with Gasteiger partial charge in [0.05, 0.1) is 14.7 Å². The Bertz CT molecular complexity index is 1160. The molecule has 0 bridgehead atoms. The van der Waals surface area contributed by atoms with E-state index in [1.807, 2.05) is 36.1 Å². The molecule has 2 aliphatic rings. The zero-order valence-corrected chi connectivity index (χ0v) is 25.8. The van der Waals surface area contributed by atoms with Gasteiger partial charge in [0.1, 0.15) is 0 Å². The summed E-state index contributed by atoms with van der Waals surface area (Å²) in [6.45, 7) is 11.8. The van der Waals surface area contributed by atoms with Crippen LogP contribution in [0, 0.1) is 12.8 Å². The number of hydrogen-bond donors (Lipinski definition) is 1. The predicted octanol–water partition coefficient (Wildman–Crippen LogP) is 5.72. The van der Waals surface area contributed by atoms with Crippen molar-refractivity contribution in [3.8, 4) is 0 Å². The van der Waals surface area contributed by atoms with Gasteiger partial charge < -0.3 is 20.0 Å². The second-order valence-corrected chi connectivity index (χ2v) is 13.2. The largest absolute Gasteiger partial charge is 0.346 e. The van der Waals surface area contributed by atoms with Crippen molar-refractivity contribution in [3.63, 3.8) is 0 Å². The van der Waals surface area contributed by atoms with E-state index >= 15 is 0 Å². The number of anilines is 1. The van der Waals surface area contributed by atoms with E-state index in [4.69, 9.17) is 0 Å². The van der Waals surface area contributed by atoms with Gasteiger partial charge in [-0.15, -0.1) is 11.3 Å². The van der Waals surface area contributed by atoms with Gasteiger partial charge in [-0.05, 0) is 110 Å². The Morgan fingerprint density at radius 2 is 1.92 bits per heavy atom. The molecule has 0 radical (unpaired) electrons. The summed E-state index contributed by atoms with van der Waals surface area (Å²) in [6.07, 6.45) is 6.14. The number of thiophene rings is 1. The summed E-state index contributed by atoms with van der Waals surface area (Å²) >= 11 is 4.75. The molecule has 2 atom stereocenters. The summed E-state index contributed by atoms with van der Waals surface area (Å²) in [4.78, 5) is 45.6. The SMILES string of the molecule is CCN(CC)CCCCC1CCCN(C(=O)c2ccc(N3CC(NC(=O)c4ccc(Br)s4)CC3=O)cc2C)C1. The Morgan fingerprint density at radius 3 is 2.62 bits per heavy atom. The minimum atomic E-state index is -0.246. The van der Waals surface area contributed by atoms with E-state index in [2.05, 4.69) is 40.0 Å². The molecule has 9 heteroatoms. The van der Waals surface area contributed by atoms with E-state index in [1.165, 1.54) is 37.0 Å². The van der Waals surface area contributed by atoms with Gasteiger partial charge >= 0.3 is 0 Å². The second kappa shape index (κ2) is 13.9. The number of halogens is 1. The number of nitrogens with one attached hydrogen (secondary N) is 1. The van der Waals surface area contributed by atoms with E-state index in [1.54, 1.807) is 11.0 Å². The lowest BCUT2D eigenvalue weighted by molar-refractivity contribution is -0.117. The van der Waals surface area contributed by atoms with E-state index in [-0.39, 0.29) is 30.2 Å². The first-order valence-corrected chi connectivity index (χ1v) is 15.9. The lowest BCUT2D eigenvalue weighted by atomic mass is 9.92. The third-order valence-electron chi connectivity index (χ3n) is 8.05. The van der Waals surface area contributed by atoms with Gasteiger partial charge in [-0.1, -0.05) is 20.3 Å². The number of carbonyl (C=O) groups excluding carboxylic acids is 3. The number of piperidine rings is 1. The molecule has 2 saturated heterocycles. The van der Waals surface area contributed by atoms with Crippen LogP contribution < -0.4 is 10.2 Å². The third-order valence-corrected chi connectivity index (χ3v) is 9.67. The average molecular weight is 618 g/mol. The monoisotopic (exact) mass is 616 g/mol. The van der Waals surface area contributed by atoms with Crippen molar-refractivity contribution in [1.82, 2.24) is 15.1 Å². The van der Waals surface area contributed by atoms with Crippen LogP contribution in [0.1, 0.15) is 78.0 Å². The fourth-order valence-corrected chi connectivity index (χ4v) is 7.06. The number of amides is 3. The molecule has 2 aromatic rings. The van der Waals surface area contributed by atoms with Gasteiger partial charge in [-0.25, -0.2) is 0 Å². The molecule has 7 nitrogen and oxygen atoms in total. The van der Waals surface area contributed by atoms with Gasteiger partial charge in [0.25, 0.3) is 11.8 Å². The van der Waals surface area contributed by atoms with Gasteiger partial charge in [0, 0.05) is 37.3 Å². The Morgan fingerprint density at radius 1 is 1.13 bits per heavy atom. The molecule has 2 aliphatic heterocycles. The Hall–Kier alpha value is -2.23. The number of aryl methyl sites for hydroxylation is 1. The van der Waals surface area contributed by atoms with Crippen LogP contribution in [0.3, 0.4) is 0 Å².